The van der Waals surface area contributed by atoms with E-state index in [1.54, 1.807) is 25.3 Å². The lowest BCUT2D eigenvalue weighted by Gasteiger charge is -1.98. The summed E-state index contributed by atoms with van der Waals surface area (Å²) in [4.78, 5) is 13.9. The maximum Gasteiger partial charge on any atom is 0.266 e. The van der Waals surface area contributed by atoms with E-state index in [-0.39, 0.29) is 5.69 Å². The van der Waals surface area contributed by atoms with Crippen molar-refractivity contribution in [1.29, 1.82) is 0 Å². The number of amides is 1. The second kappa shape index (κ2) is 3.47. The van der Waals surface area contributed by atoms with Gasteiger partial charge in [-0.15, -0.1) is 0 Å². The van der Waals surface area contributed by atoms with E-state index in [2.05, 4.69) is 4.98 Å². The number of H-pyrrole nitrogens is 1. The van der Waals surface area contributed by atoms with Gasteiger partial charge in [-0.1, -0.05) is 11.6 Å². The first-order valence-corrected chi connectivity index (χ1v) is 4.66. The summed E-state index contributed by atoms with van der Waals surface area (Å²) in [7, 11) is 1.57. The van der Waals surface area contributed by atoms with Gasteiger partial charge in [-0.3, -0.25) is 4.79 Å². The van der Waals surface area contributed by atoms with Crippen molar-refractivity contribution in [3.05, 3.63) is 28.9 Å². The number of nitrogens with one attached hydrogen (secondary N) is 1. The van der Waals surface area contributed by atoms with Crippen LogP contribution in [0.15, 0.2) is 18.2 Å². The average Bonchev–Trinajstić information content (AvgIpc) is 2.56. The van der Waals surface area contributed by atoms with E-state index in [0.717, 1.165) is 10.9 Å². The molecule has 0 atom stereocenters. The number of carbonyl (C=O) groups excluding carboxylic acids is 1. The van der Waals surface area contributed by atoms with Gasteiger partial charge in [0.1, 0.15) is 11.4 Å². The van der Waals surface area contributed by atoms with Crippen LogP contribution in [-0.2, 0) is 0 Å². The largest absolute Gasteiger partial charge is 0.497 e. The molecule has 1 aromatic carbocycles. The Morgan fingerprint density at radius 2 is 2.27 bits per heavy atom. The normalized spacial score (nSPS) is 10.5. The smallest absolute Gasteiger partial charge is 0.266 e. The van der Waals surface area contributed by atoms with Crippen molar-refractivity contribution in [3.63, 3.8) is 0 Å². The van der Waals surface area contributed by atoms with Crippen LogP contribution in [0.5, 0.6) is 5.75 Å². The first-order chi connectivity index (χ1) is 7.13. The number of fused-ring (bicyclic) bond motifs is 1. The number of methoxy groups -OCH3 is 1. The summed E-state index contributed by atoms with van der Waals surface area (Å²) < 4.78 is 5.06. The molecule has 2 aromatic rings. The lowest BCUT2D eigenvalue weighted by atomic mass is 10.2. The number of carbonyl (C=O) groups is 1. The van der Waals surface area contributed by atoms with Gasteiger partial charge >= 0.3 is 0 Å². The number of aromatic nitrogens is 1. The van der Waals surface area contributed by atoms with Gasteiger partial charge in [-0.05, 0) is 18.2 Å². The van der Waals surface area contributed by atoms with Crippen LogP contribution in [-0.4, -0.2) is 18.0 Å². The molecule has 15 heavy (non-hydrogen) atoms. The highest BCUT2D eigenvalue weighted by Gasteiger charge is 2.13. The third-order valence-corrected chi connectivity index (χ3v) is 2.58. The topological polar surface area (TPSA) is 68.1 Å². The fourth-order valence-corrected chi connectivity index (χ4v) is 1.73. The van der Waals surface area contributed by atoms with Crippen molar-refractivity contribution in [3.8, 4) is 5.75 Å². The molecule has 0 saturated carbocycles. The molecule has 5 heteroatoms. The minimum absolute atomic E-state index is 0.222. The van der Waals surface area contributed by atoms with Crippen LogP contribution in [0.25, 0.3) is 10.9 Å². The zero-order chi connectivity index (χ0) is 11.0. The van der Waals surface area contributed by atoms with Crippen LogP contribution in [0.4, 0.5) is 0 Å². The molecular weight excluding hydrogens is 216 g/mol. The summed E-state index contributed by atoms with van der Waals surface area (Å²) in [5, 5.41) is 1.06. The number of primary amides is 1. The Hall–Kier alpha value is -1.68. The molecule has 1 heterocycles. The molecule has 1 amide bonds. The molecule has 2 rings (SSSR count). The monoisotopic (exact) mass is 224 g/mol. The first kappa shape index (κ1) is 9.86. The Kier molecular flexibility index (Phi) is 2.28. The van der Waals surface area contributed by atoms with Crippen molar-refractivity contribution in [1.82, 2.24) is 4.98 Å². The summed E-state index contributed by atoms with van der Waals surface area (Å²) in [5.41, 5.74) is 6.14. The van der Waals surface area contributed by atoms with Gasteiger partial charge in [0.05, 0.1) is 12.1 Å². The van der Waals surface area contributed by atoms with E-state index in [1.165, 1.54) is 0 Å². The SMILES string of the molecule is COc1ccc2[nH]c(C(N)=O)c(Cl)c2c1. The fourth-order valence-electron chi connectivity index (χ4n) is 1.43. The number of hydrogen-bond donors (Lipinski definition) is 2. The van der Waals surface area contributed by atoms with Crippen molar-refractivity contribution in [2.75, 3.05) is 7.11 Å². The Labute approximate surface area is 91.0 Å². The van der Waals surface area contributed by atoms with E-state index in [1.807, 2.05) is 0 Å². The number of rotatable bonds is 2. The molecule has 78 valence electrons. The van der Waals surface area contributed by atoms with E-state index >= 15 is 0 Å². The van der Waals surface area contributed by atoms with Gasteiger partial charge in [-0.25, -0.2) is 0 Å². The summed E-state index contributed by atoms with van der Waals surface area (Å²) in [6.45, 7) is 0. The molecule has 3 N–H and O–H groups in total. The molecule has 4 nitrogen and oxygen atoms in total. The minimum atomic E-state index is -0.574. The molecule has 0 unspecified atom stereocenters. The minimum Gasteiger partial charge on any atom is -0.497 e. The summed E-state index contributed by atoms with van der Waals surface area (Å²) in [6.07, 6.45) is 0. The molecule has 0 spiro atoms. The van der Waals surface area contributed by atoms with Gasteiger partial charge < -0.3 is 15.5 Å². The van der Waals surface area contributed by atoms with Crippen molar-refractivity contribution >= 4 is 28.4 Å². The van der Waals surface area contributed by atoms with Crippen LogP contribution in [0.1, 0.15) is 10.5 Å². The molecule has 0 aliphatic carbocycles. The zero-order valence-corrected chi connectivity index (χ0v) is 8.76. The molecule has 0 saturated heterocycles. The molecule has 0 aliphatic rings. The van der Waals surface area contributed by atoms with Crippen LogP contribution in [0.3, 0.4) is 0 Å². The van der Waals surface area contributed by atoms with Crippen LogP contribution >= 0.6 is 11.6 Å². The number of halogens is 1. The first-order valence-electron chi connectivity index (χ1n) is 4.28. The van der Waals surface area contributed by atoms with Gasteiger partial charge in [0.2, 0.25) is 0 Å². The standard InChI is InChI=1S/C10H9ClN2O2/c1-15-5-2-3-7-6(4-5)8(11)9(13-7)10(12)14/h2-4,13H,1H3,(H2,12,14). The molecule has 1 aromatic heterocycles. The van der Waals surface area contributed by atoms with Crippen LogP contribution in [0, 0.1) is 0 Å². The Bertz CT molecular complexity index is 533. The van der Waals surface area contributed by atoms with Gasteiger partial charge in [0.25, 0.3) is 5.91 Å². The molecule has 0 radical (unpaired) electrons. The maximum atomic E-state index is 11.0. The molecule has 0 aliphatic heterocycles. The average molecular weight is 225 g/mol. The van der Waals surface area contributed by atoms with E-state index in [0.29, 0.717) is 10.8 Å². The highest BCUT2D eigenvalue weighted by molar-refractivity contribution is 6.38. The Balaban J connectivity index is 2.72. The molecule has 0 fully saturated rings. The van der Waals surface area contributed by atoms with Gasteiger partial charge in [-0.2, -0.15) is 0 Å². The number of benzene rings is 1. The second-order valence-corrected chi connectivity index (χ2v) is 3.47. The van der Waals surface area contributed by atoms with Crippen molar-refractivity contribution < 1.29 is 9.53 Å². The summed E-state index contributed by atoms with van der Waals surface area (Å²) in [6, 6.07) is 5.31. The lowest BCUT2D eigenvalue weighted by Crippen LogP contribution is -2.11. The highest BCUT2D eigenvalue weighted by Crippen LogP contribution is 2.30. The fraction of sp³-hybridized carbons (Fsp3) is 0.100. The van der Waals surface area contributed by atoms with Crippen molar-refractivity contribution in [2.24, 2.45) is 5.73 Å². The number of hydrogen-bond acceptors (Lipinski definition) is 2. The maximum absolute atomic E-state index is 11.0. The van der Waals surface area contributed by atoms with E-state index in [9.17, 15) is 4.79 Å². The highest BCUT2D eigenvalue weighted by atomic mass is 35.5. The Morgan fingerprint density at radius 3 is 2.87 bits per heavy atom. The zero-order valence-electron chi connectivity index (χ0n) is 8.00. The number of aromatic amines is 1. The lowest BCUT2D eigenvalue weighted by molar-refractivity contribution is 0.0996. The van der Waals surface area contributed by atoms with Gasteiger partial charge in [0, 0.05) is 10.9 Å². The number of nitrogens with two attached hydrogens (primary N) is 1. The quantitative estimate of drug-likeness (QED) is 0.819. The van der Waals surface area contributed by atoms with E-state index in [4.69, 9.17) is 22.1 Å². The van der Waals surface area contributed by atoms with Crippen LogP contribution < -0.4 is 10.5 Å². The third-order valence-electron chi connectivity index (χ3n) is 2.19. The van der Waals surface area contributed by atoms with Gasteiger partial charge in [0.15, 0.2) is 0 Å². The summed E-state index contributed by atoms with van der Waals surface area (Å²) in [5.74, 6) is 0.106. The summed E-state index contributed by atoms with van der Waals surface area (Å²) >= 11 is 5.99. The molecule has 0 bridgehead atoms. The van der Waals surface area contributed by atoms with E-state index < -0.39 is 5.91 Å². The van der Waals surface area contributed by atoms with Crippen molar-refractivity contribution in [2.45, 2.75) is 0 Å². The number of ether oxygens (including phenoxy) is 1. The predicted molar refractivity (Wildman–Crippen MR) is 58.4 cm³/mol. The third kappa shape index (κ3) is 1.53. The molecular formula is C10H9ClN2O2. The Morgan fingerprint density at radius 1 is 1.53 bits per heavy atom. The second-order valence-electron chi connectivity index (χ2n) is 3.09. The predicted octanol–water partition coefficient (Wildman–Crippen LogP) is 1.93. The van der Waals surface area contributed by atoms with Crippen LogP contribution in [0.2, 0.25) is 5.02 Å².